The maximum absolute atomic E-state index is 13.2. The fraction of sp³-hybridized carbons (Fsp3) is 0.273. The van der Waals surface area contributed by atoms with Gasteiger partial charge in [-0.05, 0) is 11.6 Å². The van der Waals surface area contributed by atoms with E-state index in [1.165, 1.54) is 6.07 Å². The highest BCUT2D eigenvalue weighted by Crippen LogP contribution is 2.23. The van der Waals surface area contributed by atoms with Crippen LogP contribution in [0.3, 0.4) is 0 Å². The fourth-order valence-corrected chi connectivity index (χ4v) is 1.66. The molecular formula is C11H9FO3. The van der Waals surface area contributed by atoms with Gasteiger partial charge < -0.3 is 4.74 Å². The SMILES string of the molecule is O=CC(=O)C1Cc2cccc(F)c2CO1. The number of hydrogen-bond acceptors (Lipinski definition) is 3. The first kappa shape index (κ1) is 9.98. The van der Waals surface area contributed by atoms with Crippen LogP contribution in [0.1, 0.15) is 11.1 Å². The van der Waals surface area contributed by atoms with E-state index >= 15 is 0 Å². The topological polar surface area (TPSA) is 43.4 Å². The Balaban J connectivity index is 2.27. The zero-order valence-electron chi connectivity index (χ0n) is 7.90. The average Bonchev–Trinajstić information content (AvgIpc) is 2.28. The van der Waals surface area contributed by atoms with Gasteiger partial charge in [0, 0.05) is 12.0 Å². The van der Waals surface area contributed by atoms with Gasteiger partial charge >= 0.3 is 0 Å². The Morgan fingerprint density at radius 1 is 1.53 bits per heavy atom. The zero-order chi connectivity index (χ0) is 10.8. The van der Waals surface area contributed by atoms with E-state index in [4.69, 9.17) is 4.74 Å². The molecule has 1 heterocycles. The van der Waals surface area contributed by atoms with E-state index in [2.05, 4.69) is 0 Å². The third-order valence-electron chi connectivity index (χ3n) is 2.48. The first-order valence-corrected chi connectivity index (χ1v) is 4.59. The van der Waals surface area contributed by atoms with Crippen molar-refractivity contribution in [3.63, 3.8) is 0 Å². The summed E-state index contributed by atoms with van der Waals surface area (Å²) in [5.41, 5.74) is 1.22. The van der Waals surface area contributed by atoms with Gasteiger partial charge in [-0.2, -0.15) is 0 Å². The summed E-state index contributed by atoms with van der Waals surface area (Å²) in [7, 11) is 0. The molecule has 1 aliphatic heterocycles. The summed E-state index contributed by atoms with van der Waals surface area (Å²) in [6.07, 6.45) is -0.239. The summed E-state index contributed by atoms with van der Waals surface area (Å²) in [6, 6.07) is 4.68. The van der Waals surface area contributed by atoms with Gasteiger partial charge in [-0.25, -0.2) is 4.39 Å². The molecule has 1 atom stereocenters. The highest BCUT2D eigenvalue weighted by Gasteiger charge is 2.26. The molecule has 0 amide bonds. The Kier molecular flexibility index (Phi) is 2.60. The monoisotopic (exact) mass is 208 g/mol. The van der Waals surface area contributed by atoms with Crippen molar-refractivity contribution in [1.82, 2.24) is 0 Å². The summed E-state index contributed by atoms with van der Waals surface area (Å²) in [5.74, 6) is -0.922. The minimum Gasteiger partial charge on any atom is -0.365 e. The molecule has 1 aromatic rings. The molecule has 0 bridgehead atoms. The van der Waals surface area contributed by atoms with E-state index in [1.807, 2.05) is 0 Å². The minimum atomic E-state index is -0.753. The third kappa shape index (κ3) is 1.80. The molecule has 4 heteroatoms. The lowest BCUT2D eigenvalue weighted by Crippen LogP contribution is -2.31. The molecule has 0 saturated heterocycles. The average molecular weight is 208 g/mol. The standard InChI is InChI=1S/C11H9FO3/c12-9-3-1-2-7-4-11(10(14)5-13)15-6-8(7)9/h1-3,5,11H,4,6H2. The molecule has 0 radical (unpaired) electrons. The first-order valence-electron chi connectivity index (χ1n) is 4.59. The predicted octanol–water partition coefficient (Wildman–Crippen LogP) is 1.03. The molecule has 15 heavy (non-hydrogen) atoms. The minimum absolute atomic E-state index is 0.0479. The molecule has 0 fully saturated rings. The molecule has 2 rings (SSSR count). The highest BCUT2D eigenvalue weighted by atomic mass is 19.1. The molecule has 1 aliphatic rings. The van der Waals surface area contributed by atoms with Crippen molar-refractivity contribution in [2.45, 2.75) is 19.1 Å². The second-order valence-corrected chi connectivity index (χ2v) is 3.40. The molecule has 0 N–H and O–H groups in total. The number of halogens is 1. The summed E-state index contributed by atoms with van der Waals surface area (Å²) in [6.45, 7) is 0.0479. The van der Waals surface area contributed by atoms with Crippen LogP contribution in [0, 0.1) is 5.82 Å². The van der Waals surface area contributed by atoms with Gasteiger partial charge in [-0.15, -0.1) is 0 Å². The maximum atomic E-state index is 13.2. The van der Waals surface area contributed by atoms with Gasteiger partial charge in [-0.3, -0.25) is 9.59 Å². The Bertz CT molecular complexity index is 414. The van der Waals surface area contributed by atoms with Crippen LogP contribution in [-0.4, -0.2) is 18.2 Å². The number of ether oxygens (including phenoxy) is 1. The van der Waals surface area contributed by atoms with E-state index in [-0.39, 0.29) is 25.1 Å². The predicted molar refractivity (Wildman–Crippen MR) is 49.8 cm³/mol. The molecule has 0 aromatic heterocycles. The van der Waals surface area contributed by atoms with E-state index in [9.17, 15) is 14.0 Å². The van der Waals surface area contributed by atoms with Crippen LogP contribution in [0.2, 0.25) is 0 Å². The number of carbonyl (C=O) groups is 2. The van der Waals surface area contributed by atoms with Crippen LogP contribution in [-0.2, 0) is 27.4 Å². The molecular weight excluding hydrogens is 199 g/mol. The lowest BCUT2D eigenvalue weighted by atomic mass is 9.97. The van der Waals surface area contributed by atoms with E-state index in [0.29, 0.717) is 5.56 Å². The van der Waals surface area contributed by atoms with Gasteiger partial charge in [0.05, 0.1) is 6.61 Å². The van der Waals surface area contributed by atoms with Crippen molar-refractivity contribution >= 4 is 12.1 Å². The molecule has 0 aliphatic carbocycles. The third-order valence-corrected chi connectivity index (χ3v) is 2.48. The van der Waals surface area contributed by atoms with Gasteiger partial charge in [0.2, 0.25) is 5.78 Å². The van der Waals surface area contributed by atoms with Crippen LogP contribution >= 0.6 is 0 Å². The van der Waals surface area contributed by atoms with E-state index in [0.717, 1.165) is 5.56 Å². The Labute approximate surface area is 85.9 Å². The number of benzene rings is 1. The van der Waals surface area contributed by atoms with Crippen molar-refractivity contribution in [2.24, 2.45) is 0 Å². The fourth-order valence-electron chi connectivity index (χ4n) is 1.66. The van der Waals surface area contributed by atoms with Crippen molar-refractivity contribution in [3.05, 3.63) is 35.1 Å². The molecule has 1 aromatic carbocycles. The van der Waals surface area contributed by atoms with Gasteiger partial charge in [0.25, 0.3) is 0 Å². The van der Waals surface area contributed by atoms with Crippen LogP contribution in [0.4, 0.5) is 4.39 Å². The molecule has 1 unspecified atom stereocenters. The summed E-state index contributed by atoms with van der Waals surface area (Å²) < 4.78 is 18.4. The number of carbonyl (C=O) groups excluding carboxylic acids is 2. The van der Waals surface area contributed by atoms with Crippen molar-refractivity contribution in [2.75, 3.05) is 0 Å². The van der Waals surface area contributed by atoms with Crippen molar-refractivity contribution in [1.29, 1.82) is 0 Å². The Hall–Kier alpha value is -1.55. The van der Waals surface area contributed by atoms with Crippen molar-refractivity contribution in [3.8, 4) is 0 Å². The molecule has 3 nitrogen and oxygen atoms in total. The normalized spacial score (nSPS) is 19.4. The molecule has 78 valence electrons. The first-order chi connectivity index (χ1) is 7.22. The second-order valence-electron chi connectivity index (χ2n) is 3.40. The number of rotatable bonds is 2. The highest BCUT2D eigenvalue weighted by molar-refractivity contribution is 6.27. The lowest BCUT2D eigenvalue weighted by molar-refractivity contribution is -0.139. The lowest BCUT2D eigenvalue weighted by Gasteiger charge is -2.22. The molecule has 0 saturated carbocycles. The summed E-state index contributed by atoms with van der Waals surface area (Å²) in [4.78, 5) is 21.4. The summed E-state index contributed by atoms with van der Waals surface area (Å²) >= 11 is 0. The quantitative estimate of drug-likeness (QED) is 0.538. The zero-order valence-corrected chi connectivity index (χ0v) is 7.90. The Morgan fingerprint density at radius 3 is 3.07 bits per heavy atom. The van der Waals surface area contributed by atoms with Crippen LogP contribution in [0.5, 0.6) is 0 Å². The Morgan fingerprint density at radius 2 is 2.33 bits per heavy atom. The maximum Gasteiger partial charge on any atom is 0.224 e. The van der Waals surface area contributed by atoms with Gasteiger partial charge in [-0.1, -0.05) is 12.1 Å². The van der Waals surface area contributed by atoms with Crippen LogP contribution < -0.4 is 0 Å². The smallest absolute Gasteiger partial charge is 0.224 e. The number of Topliss-reactive ketones (excluding diaryl/α,β-unsaturated/α-hetero) is 1. The largest absolute Gasteiger partial charge is 0.365 e. The van der Waals surface area contributed by atoms with E-state index in [1.54, 1.807) is 12.1 Å². The molecule has 0 spiro atoms. The number of fused-ring (bicyclic) bond motifs is 1. The van der Waals surface area contributed by atoms with Crippen molar-refractivity contribution < 1.29 is 18.7 Å². The second kappa shape index (κ2) is 3.90. The van der Waals surface area contributed by atoms with Gasteiger partial charge in [0.15, 0.2) is 6.29 Å². The number of aldehydes is 1. The van der Waals surface area contributed by atoms with Gasteiger partial charge in [0.1, 0.15) is 11.9 Å². The number of ketones is 1. The van der Waals surface area contributed by atoms with E-state index < -0.39 is 11.9 Å². The summed E-state index contributed by atoms with van der Waals surface area (Å²) in [5, 5.41) is 0. The van der Waals surface area contributed by atoms with Crippen LogP contribution in [0.25, 0.3) is 0 Å². The van der Waals surface area contributed by atoms with Crippen LogP contribution in [0.15, 0.2) is 18.2 Å². The number of hydrogen-bond donors (Lipinski definition) is 0.